The van der Waals surface area contributed by atoms with Crippen molar-refractivity contribution in [1.82, 2.24) is 0 Å². The molecule has 0 aliphatic rings. The zero-order valence-electron chi connectivity index (χ0n) is 7.63. The molecular formula is C6H9NaO6S. The van der Waals surface area contributed by atoms with E-state index in [2.05, 4.69) is 10.7 Å². The van der Waals surface area contributed by atoms with Crippen LogP contribution in [0.2, 0.25) is 0 Å². The smallest absolute Gasteiger partial charge is 0.748 e. The largest absolute Gasteiger partial charge is 1.00 e. The third-order valence-corrected chi connectivity index (χ3v) is 1.69. The van der Waals surface area contributed by atoms with Gasteiger partial charge in [-0.1, -0.05) is 0 Å². The minimum Gasteiger partial charge on any atom is -0.748 e. The molecule has 0 aromatic heterocycles. The van der Waals surface area contributed by atoms with Crippen molar-refractivity contribution in [3.63, 3.8) is 0 Å². The fourth-order valence-electron chi connectivity index (χ4n) is 0.505. The SMILES string of the molecule is O=S(=O)([O-])CC(O)COC#CCO.[Na+]. The summed E-state index contributed by atoms with van der Waals surface area (Å²) >= 11 is 0. The molecule has 0 amide bonds. The van der Waals surface area contributed by atoms with Gasteiger partial charge in [-0.05, 0) is 5.92 Å². The van der Waals surface area contributed by atoms with Gasteiger partial charge in [0.25, 0.3) is 0 Å². The Kier molecular flexibility index (Phi) is 10.1. The minimum atomic E-state index is -4.44. The normalized spacial score (nSPS) is 11.9. The van der Waals surface area contributed by atoms with Crippen LogP contribution in [0.15, 0.2) is 0 Å². The van der Waals surface area contributed by atoms with E-state index in [9.17, 15) is 13.0 Å². The van der Waals surface area contributed by atoms with Crippen LogP contribution in [0.4, 0.5) is 0 Å². The van der Waals surface area contributed by atoms with Crippen LogP contribution in [0, 0.1) is 12.0 Å². The average Bonchev–Trinajstić information content (AvgIpc) is 1.94. The summed E-state index contributed by atoms with van der Waals surface area (Å²) in [7, 11) is -4.44. The number of rotatable bonds is 4. The molecule has 1 atom stereocenters. The van der Waals surface area contributed by atoms with Gasteiger partial charge in [0.05, 0.1) is 15.9 Å². The Morgan fingerprint density at radius 3 is 2.50 bits per heavy atom. The van der Waals surface area contributed by atoms with Crippen LogP contribution in [0.1, 0.15) is 0 Å². The van der Waals surface area contributed by atoms with Gasteiger partial charge in [-0.15, -0.1) is 0 Å². The first-order valence-corrected chi connectivity index (χ1v) is 4.85. The number of ether oxygens (including phenoxy) is 1. The van der Waals surface area contributed by atoms with Crippen molar-refractivity contribution in [1.29, 1.82) is 0 Å². The molecule has 8 heteroatoms. The molecule has 0 spiro atoms. The summed E-state index contributed by atoms with van der Waals surface area (Å²) in [4.78, 5) is 0. The van der Waals surface area contributed by atoms with Crippen LogP contribution in [0.25, 0.3) is 0 Å². The standard InChI is InChI=1S/C6H10O6S.Na/c7-2-1-3-12-4-6(8)5-13(9,10)11;/h6-8H,2,4-5H2,(H,9,10,11);/q;+1/p-1. The van der Waals surface area contributed by atoms with Crippen molar-refractivity contribution in [2.24, 2.45) is 0 Å². The Morgan fingerprint density at radius 2 is 2.07 bits per heavy atom. The maximum Gasteiger partial charge on any atom is 1.00 e. The van der Waals surface area contributed by atoms with E-state index < -0.39 is 28.6 Å². The number of aliphatic hydroxyl groups is 2. The van der Waals surface area contributed by atoms with Gasteiger partial charge in [-0.3, -0.25) is 0 Å². The maximum absolute atomic E-state index is 10.1. The average molecular weight is 232 g/mol. The Balaban J connectivity index is 0. The molecule has 0 fully saturated rings. The molecule has 6 nitrogen and oxygen atoms in total. The van der Waals surface area contributed by atoms with E-state index in [1.54, 1.807) is 0 Å². The van der Waals surface area contributed by atoms with Gasteiger partial charge in [0.2, 0.25) is 0 Å². The van der Waals surface area contributed by atoms with Crippen molar-refractivity contribution < 1.29 is 57.5 Å². The third kappa shape index (κ3) is 12.2. The van der Waals surface area contributed by atoms with Gasteiger partial charge in [0.15, 0.2) is 0 Å². The summed E-state index contributed by atoms with van der Waals surface area (Å²) in [6.45, 7) is -0.773. The second-order valence-electron chi connectivity index (χ2n) is 2.13. The zero-order valence-corrected chi connectivity index (χ0v) is 10.5. The quantitative estimate of drug-likeness (QED) is 0.285. The predicted molar refractivity (Wildman–Crippen MR) is 41.4 cm³/mol. The number of aliphatic hydroxyl groups excluding tert-OH is 2. The second-order valence-corrected chi connectivity index (χ2v) is 3.57. The van der Waals surface area contributed by atoms with Gasteiger partial charge >= 0.3 is 29.6 Å². The van der Waals surface area contributed by atoms with Crippen LogP contribution >= 0.6 is 0 Å². The molecule has 14 heavy (non-hydrogen) atoms. The van der Waals surface area contributed by atoms with Crippen LogP contribution in [0.3, 0.4) is 0 Å². The van der Waals surface area contributed by atoms with Crippen molar-refractivity contribution >= 4 is 10.1 Å². The Labute approximate surface area is 104 Å². The molecular weight excluding hydrogens is 223 g/mol. The van der Waals surface area contributed by atoms with E-state index in [-0.39, 0.29) is 36.2 Å². The topological polar surface area (TPSA) is 107 Å². The molecule has 0 bridgehead atoms. The van der Waals surface area contributed by atoms with Crippen LogP contribution < -0.4 is 29.6 Å². The molecule has 0 saturated heterocycles. The van der Waals surface area contributed by atoms with Crippen LogP contribution in [-0.4, -0.2) is 48.3 Å². The van der Waals surface area contributed by atoms with Crippen LogP contribution in [-0.2, 0) is 14.9 Å². The molecule has 0 rings (SSSR count). The molecule has 0 radical (unpaired) electrons. The van der Waals surface area contributed by atoms with E-state index in [1.807, 2.05) is 6.11 Å². The van der Waals surface area contributed by atoms with Crippen molar-refractivity contribution in [2.45, 2.75) is 6.10 Å². The summed E-state index contributed by atoms with van der Waals surface area (Å²) in [6.07, 6.45) is 0.602. The summed E-state index contributed by atoms with van der Waals surface area (Å²) in [6, 6.07) is 0. The Hall–Kier alpha value is 0.190. The molecule has 0 aliphatic heterocycles. The first-order chi connectivity index (χ1) is 5.95. The van der Waals surface area contributed by atoms with Gasteiger partial charge in [-0.25, -0.2) is 8.42 Å². The molecule has 0 saturated carbocycles. The summed E-state index contributed by atoms with van der Waals surface area (Å²) in [5.41, 5.74) is 0. The first-order valence-electron chi connectivity index (χ1n) is 3.28. The number of hydrogen-bond donors (Lipinski definition) is 2. The Bertz CT molecular complexity index is 289. The summed E-state index contributed by atoms with van der Waals surface area (Å²) in [5, 5.41) is 17.0. The van der Waals surface area contributed by atoms with E-state index >= 15 is 0 Å². The fraction of sp³-hybridized carbons (Fsp3) is 0.667. The predicted octanol–water partition coefficient (Wildman–Crippen LogP) is -5.13. The Morgan fingerprint density at radius 1 is 1.50 bits per heavy atom. The molecule has 0 aromatic rings. The molecule has 0 aromatic carbocycles. The van der Waals surface area contributed by atoms with E-state index in [1.165, 1.54) is 0 Å². The zero-order chi connectivity index (χ0) is 10.3. The third-order valence-electron chi connectivity index (χ3n) is 0.896. The van der Waals surface area contributed by atoms with Gasteiger partial charge in [0.1, 0.15) is 25.4 Å². The maximum atomic E-state index is 10.1. The minimum absolute atomic E-state index is 0. The molecule has 1 unspecified atom stereocenters. The van der Waals surface area contributed by atoms with Gasteiger partial charge < -0.3 is 19.5 Å². The van der Waals surface area contributed by atoms with E-state index in [4.69, 9.17) is 10.2 Å². The van der Waals surface area contributed by atoms with Crippen molar-refractivity contribution in [3.05, 3.63) is 0 Å². The number of hydrogen-bond acceptors (Lipinski definition) is 6. The molecule has 76 valence electrons. The van der Waals surface area contributed by atoms with E-state index in [0.717, 1.165) is 0 Å². The summed E-state index contributed by atoms with van der Waals surface area (Å²) in [5.74, 6) is 1.20. The van der Waals surface area contributed by atoms with Gasteiger partial charge in [-0.2, -0.15) is 0 Å². The van der Waals surface area contributed by atoms with Gasteiger partial charge in [0, 0.05) is 0 Å². The molecule has 0 aliphatic carbocycles. The van der Waals surface area contributed by atoms with E-state index in [0.29, 0.717) is 0 Å². The first kappa shape index (κ1) is 16.6. The molecule has 0 heterocycles. The van der Waals surface area contributed by atoms with Crippen molar-refractivity contribution in [2.75, 3.05) is 19.0 Å². The second kappa shape index (κ2) is 8.49. The van der Waals surface area contributed by atoms with Crippen LogP contribution in [0.5, 0.6) is 0 Å². The summed E-state index contributed by atoms with van der Waals surface area (Å²) < 4.78 is 34.7. The van der Waals surface area contributed by atoms with Crippen molar-refractivity contribution in [3.8, 4) is 12.0 Å². The monoisotopic (exact) mass is 232 g/mol. The fourth-order valence-corrected chi connectivity index (χ4v) is 1.07. The molecule has 2 N–H and O–H groups in total.